The van der Waals surface area contributed by atoms with Crippen LogP contribution >= 0.6 is 15.9 Å². The molecule has 1 aromatic rings. The molecule has 2 N–H and O–H groups in total. The summed E-state index contributed by atoms with van der Waals surface area (Å²) in [4.78, 5) is 4.90. The summed E-state index contributed by atoms with van der Waals surface area (Å²) in [5, 5.41) is 0. The van der Waals surface area contributed by atoms with E-state index in [1.165, 1.54) is 17.7 Å². The lowest BCUT2D eigenvalue weighted by Gasteiger charge is -2.27. The summed E-state index contributed by atoms with van der Waals surface area (Å²) in [7, 11) is 0. The summed E-state index contributed by atoms with van der Waals surface area (Å²) >= 11 is 3.52. The van der Waals surface area contributed by atoms with Crippen molar-refractivity contribution >= 4 is 21.6 Å². The molecule has 114 valence electrons. The highest BCUT2D eigenvalue weighted by Gasteiger charge is 2.10. The van der Waals surface area contributed by atoms with E-state index < -0.39 is 0 Å². The lowest BCUT2D eigenvalue weighted by atomic mass is 10.1. The molecule has 0 amide bonds. The Hall–Kier alpha value is -0.580. The number of benzene rings is 1. The first-order chi connectivity index (χ1) is 9.65. The van der Waals surface area contributed by atoms with E-state index in [9.17, 15) is 0 Å². The third kappa shape index (κ3) is 5.08. The van der Waals surface area contributed by atoms with Crippen LogP contribution in [0.25, 0.3) is 0 Å². The lowest BCUT2D eigenvalue weighted by molar-refractivity contribution is 0.300. The van der Waals surface area contributed by atoms with Gasteiger partial charge in [-0.05, 0) is 56.7 Å². The Morgan fingerprint density at radius 2 is 1.75 bits per heavy atom. The van der Waals surface area contributed by atoms with Gasteiger partial charge in [0, 0.05) is 29.8 Å². The van der Waals surface area contributed by atoms with Crippen LogP contribution in [-0.2, 0) is 6.54 Å². The van der Waals surface area contributed by atoms with Crippen LogP contribution in [0.5, 0.6) is 0 Å². The number of nitrogens with two attached hydrogens (primary N) is 1. The Morgan fingerprint density at radius 3 is 2.30 bits per heavy atom. The molecule has 0 radical (unpaired) electrons. The van der Waals surface area contributed by atoms with Gasteiger partial charge in [-0.1, -0.05) is 29.8 Å². The summed E-state index contributed by atoms with van der Waals surface area (Å²) in [5.74, 6) is 0. The number of halogens is 1. The van der Waals surface area contributed by atoms with Gasteiger partial charge < -0.3 is 15.5 Å². The topological polar surface area (TPSA) is 32.5 Å². The van der Waals surface area contributed by atoms with Crippen LogP contribution in [-0.4, -0.2) is 37.6 Å². The summed E-state index contributed by atoms with van der Waals surface area (Å²) < 4.78 is 1.10. The fraction of sp³-hybridized carbons (Fsp3) is 0.625. The van der Waals surface area contributed by atoms with Crippen molar-refractivity contribution in [3.63, 3.8) is 0 Å². The van der Waals surface area contributed by atoms with Crippen LogP contribution in [0.15, 0.2) is 22.7 Å². The zero-order valence-corrected chi connectivity index (χ0v) is 14.6. The molecule has 0 saturated carbocycles. The summed E-state index contributed by atoms with van der Waals surface area (Å²) in [6.07, 6.45) is 1.19. The molecule has 1 aromatic carbocycles. The molecule has 0 bridgehead atoms. The Bertz CT molecular complexity index is 391. The molecular formula is C16H28BrN3. The number of anilines is 1. The van der Waals surface area contributed by atoms with Gasteiger partial charge in [-0.25, -0.2) is 0 Å². The summed E-state index contributed by atoms with van der Waals surface area (Å²) in [6, 6.07) is 6.40. The molecule has 0 fully saturated rings. The Morgan fingerprint density at radius 1 is 1.05 bits per heavy atom. The largest absolute Gasteiger partial charge is 0.372 e. The second-order valence-electron chi connectivity index (χ2n) is 4.94. The molecule has 4 heteroatoms. The molecule has 0 spiro atoms. The van der Waals surface area contributed by atoms with Crippen molar-refractivity contribution in [2.45, 2.75) is 33.7 Å². The molecule has 0 aromatic heterocycles. The minimum Gasteiger partial charge on any atom is -0.372 e. The van der Waals surface area contributed by atoms with Crippen molar-refractivity contribution in [3.8, 4) is 0 Å². The third-order valence-electron chi connectivity index (χ3n) is 3.78. The van der Waals surface area contributed by atoms with E-state index in [1.807, 2.05) is 0 Å². The molecule has 0 atom stereocenters. The van der Waals surface area contributed by atoms with E-state index in [-0.39, 0.29) is 0 Å². The Labute approximate surface area is 132 Å². The molecular weight excluding hydrogens is 314 g/mol. The Kier molecular flexibility index (Phi) is 8.19. The fourth-order valence-corrected chi connectivity index (χ4v) is 2.91. The molecule has 0 aliphatic heterocycles. The van der Waals surface area contributed by atoms with E-state index in [2.05, 4.69) is 64.7 Å². The summed E-state index contributed by atoms with van der Waals surface area (Å²) in [5.41, 5.74) is 8.36. The predicted molar refractivity (Wildman–Crippen MR) is 92.3 cm³/mol. The maximum Gasteiger partial charge on any atom is 0.0412 e. The smallest absolute Gasteiger partial charge is 0.0412 e. The molecule has 0 unspecified atom stereocenters. The van der Waals surface area contributed by atoms with Gasteiger partial charge in [0.15, 0.2) is 0 Å². The van der Waals surface area contributed by atoms with E-state index in [1.54, 1.807) is 0 Å². The molecule has 3 nitrogen and oxygen atoms in total. The van der Waals surface area contributed by atoms with Crippen molar-refractivity contribution in [3.05, 3.63) is 28.2 Å². The van der Waals surface area contributed by atoms with Gasteiger partial charge in [-0.15, -0.1) is 0 Å². The van der Waals surface area contributed by atoms with E-state index in [4.69, 9.17) is 5.73 Å². The van der Waals surface area contributed by atoms with Crippen LogP contribution in [0.4, 0.5) is 5.69 Å². The van der Waals surface area contributed by atoms with Gasteiger partial charge in [0.1, 0.15) is 0 Å². The van der Waals surface area contributed by atoms with Crippen molar-refractivity contribution in [2.24, 2.45) is 5.73 Å². The maximum absolute atomic E-state index is 5.88. The van der Waals surface area contributed by atoms with Crippen molar-refractivity contribution in [2.75, 3.05) is 37.6 Å². The Balaban J connectivity index is 2.66. The number of hydrogen-bond acceptors (Lipinski definition) is 3. The van der Waals surface area contributed by atoms with Crippen molar-refractivity contribution in [1.29, 1.82) is 0 Å². The average Bonchev–Trinajstić information content (AvgIpc) is 2.48. The van der Waals surface area contributed by atoms with Crippen molar-refractivity contribution in [1.82, 2.24) is 4.90 Å². The van der Waals surface area contributed by atoms with Gasteiger partial charge >= 0.3 is 0 Å². The van der Waals surface area contributed by atoms with E-state index in [0.717, 1.165) is 37.2 Å². The first-order valence-electron chi connectivity index (χ1n) is 7.61. The van der Waals surface area contributed by atoms with Crippen LogP contribution < -0.4 is 10.6 Å². The molecule has 20 heavy (non-hydrogen) atoms. The average molecular weight is 342 g/mol. The zero-order chi connectivity index (χ0) is 15.0. The molecule has 1 rings (SSSR count). The molecule has 0 saturated heterocycles. The van der Waals surface area contributed by atoms with Gasteiger partial charge in [-0.3, -0.25) is 0 Å². The zero-order valence-electron chi connectivity index (χ0n) is 13.0. The highest BCUT2D eigenvalue weighted by molar-refractivity contribution is 9.10. The molecule has 0 aliphatic carbocycles. The summed E-state index contributed by atoms with van der Waals surface area (Å²) in [6.45, 7) is 12.8. The fourth-order valence-electron chi connectivity index (χ4n) is 2.50. The standard InChI is InChI=1S/C16H28BrN3/c1-4-19(5-2)10-7-11-20(6-3)16-9-8-15(17)12-14(16)13-18/h8-9,12H,4-7,10-11,13,18H2,1-3H3. The highest BCUT2D eigenvalue weighted by Crippen LogP contribution is 2.24. The third-order valence-corrected chi connectivity index (χ3v) is 4.27. The van der Waals surface area contributed by atoms with Crippen LogP contribution in [0, 0.1) is 0 Å². The number of rotatable bonds is 9. The van der Waals surface area contributed by atoms with Crippen LogP contribution in [0.2, 0.25) is 0 Å². The monoisotopic (exact) mass is 341 g/mol. The normalized spacial score (nSPS) is 11.1. The van der Waals surface area contributed by atoms with E-state index in [0.29, 0.717) is 6.54 Å². The first-order valence-corrected chi connectivity index (χ1v) is 8.41. The number of hydrogen-bond donors (Lipinski definition) is 1. The van der Waals surface area contributed by atoms with Crippen LogP contribution in [0.3, 0.4) is 0 Å². The van der Waals surface area contributed by atoms with Crippen molar-refractivity contribution < 1.29 is 0 Å². The minimum absolute atomic E-state index is 0.585. The second kappa shape index (κ2) is 9.37. The number of nitrogens with zero attached hydrogens (tertiary/aromatic N) is 2. The first kappa shape index (κ1) is 17.5. The molecule has 0 heterocycles. The van der Waals surface area contributed by atoms with Gasteiger partial charge in [0.2, 0.25) is 0 Å². The van der Waals surface area contributed by atoms with Gasteiger partial charge in [0.05, 0.1) is 0 Å². The SMILES string of the molecule is CCN(CC)CCCN(CC)c1ccc(Br)cc1CN. The predicted octanol–water partition coefficient (Wildman–Crippen LogP) is 3.47. The quantitative estimate of drug-likeness (QED) is 0.746. The van der Waals surface area contributed by atoms with Crippen LogP contribution in [0.1, 0.15) is 32.8 Å². The maximum atomic E-state index is 5.88. The van der Waals surface area contributed by atoms with Gasteiger partial charge in [0.25, 0.3) is 0 Å². The molecule has 0 aliphatic rings. The highest BCUT2D eigenvalue weighted by atomic mass is 79.9. The minimum atomic E-state index is 0.585. The second-order valence-corrected chi connectivity index (χ2v) is 5.85. The van der Waals surface area contributed by atoms with Gasteiger partial charge in [-0.2, -0.15) is 0 Å². The lowest BCUT2D eigenvalue weighted by Crippen LogP contribution is -2.30. The van der Waals surface area contributed by atoms with E-state index >= 15 is 0 Å².